The molecule has 0 aliphatic rings. The molecule has 0 spiro atoms. The number of nitrogens with one attached hydrogen (secondary N) is 3. The summed E-state index contributed by atoms with van der Waals surface area (Å²) >= 11 is 18.0. The molecule has 5 rings (SSSR count). The van der Waals surface area contributed by atoms with Crippen LogP contribution in [0.2, 0.25) is 15.6 Å². The molecule has 170 valence electrons. The van der Waals surface area contributed by atoms with Gasteiger partial charge in [0, 0.05) is 34.9 Å². The van der Waals surface area contributed by atoms with Crippen molar-refractivity contribution < 1.29 is 4.79 Å². The van der Waals surface area contributed by atoms with Gasteiger partial charge in [-0.3, -0.25) is 4.79 Å². The highest BCUT2D eigenvalue weighted by Crippen LogP contribution is 2.35. The summed E-state index contributed by atoms with van der Waals surface area (Å²) in [6.07, 6.45) is 0. The van der Waals surface area contributed by atoms with Crippen LogP contribution in [-0.4, -0.2) is 43.9 Å². The Kier molecular flexibility index (Phi) is 6.19. The van der Waals surface area contributed by atoms with Crippen molar-refractivity contribution >= 4 is 68.5 Å². The standard InChI is InChI=1S/C23H16Cl3N7O/c24-15-7-3-1-6-13(15)18-19-14(12-5-2-4-8-16(12)29-19)11-17(30-18)20(34)27-9-10-28-23-32-21(25)31-22(26)33-23/h1-8,11,29H,9-10H2,(H,27,34)(H,28,31,32,33). The number of carbonyl (C=O) groups excluding carboxylic acids is 1. The van der Waals surface area contributed by atoms with E-state index in [1.54, 1.807) is 12.1 Å². The van der Waals surface area contributed by atoms with E-state index in [2.05, 4.69) is 35.6 Å². The van der Waals surface area contributed by atoms with E-state index in [0.29, 0.717) is 17.3 Å². The highest BCUT2D eigenvalue weighted by molar-refractivity contribution is 6.33. The Morgan fingerprint density at radius 3 is 2.38 bits per heavy atom. The van der Waals surface area contributed by atoms with Gasteiger partial charge in [0.05, 0.1) is 16.2 Å². The van der Waals surface area contributed by atoms with E-state index in [9.17, 15) is 4.79 Å². The quantitative estimate of drug-likeness (QED) is 0.264. The molecule has 0 unspecified atom stereocenters. The van der Waals surface area contributed by atoms with Gasteiger partial charge in [-0.15, -0.1) is 0 Å². The number of aromatic nitrogens is 5. The van der Waals surface area contributed by atoms with Crippen LogP contribution in [0, 0.1) is 0 Å². The van der Waals surface area contributed by atoms with Crippen molar-refractivity contribution in [1.82, 2.24) is 30.2 Å². The van der Waals surface area contributed by atoms with Crippen molar-refractivity contribution in [3.63, 3.8) is 0 Å². The first-order valence-corrected chi connectivity index (χ1v) is 11.4. The minimum Gasteiger partial charge on any atom is -0.353 e. The highest BCUT2D eigenvalue weighted by Gasteiger charge is 2.18. The Balaban J connectivity index is 1.44. The van der Waals surface area contributed by atoms with Crippen LogP contribution in [-0.2, 0) is 0 Å². The molecule has 0 radical (unpaired) electrons. The van der Waals surface area contributed by atoms with Crippen LogP contribution in [0.15, 0.2) is 54.6 Å². The van der Waals surface area contributed by atoms with Crippen molar-refractivity contribution in [3.8, 4) is 11.3 Å². The summed E-state index contributed by atoms with van der Waals surface area (Å²) < 4.78 is 0. The number of fused-ring (bicyclic) bond motifs is 3. The number of pyridine rings is 1. The lowest BCUT2D eigenvalue weighted by atomic mass is 10.1. The first kappa shape index (κ1) is 22.3. The SMILES string of the molecule is O=C(NCCNc1nc(Cl)nc(Cl)n1)c1cc2c([nH]c3ccccc32)c(-c2ccccc2Cl)n1. The number of benzene rings is 2. The van der Waals surface area contributed by atoms with Gasteiger partial charge in [0.2, 0.25) is 16.5 Å². The number of H-pyrrole nitrogens is 1. The maximum Gasteiger partial charge on any atom is 0.269 e. The van der Waals surface area contributed by atoms with E-state index < -0.39 is 0 Å². The fraction of sp³-hybridized carbons (Fsp3) is 0.0870. The molecule has 0 fully saturated rings. The molecule has 2 aromatic carbocycles. The lowest BCUT2D eigenvalue weighted by Crippen LogP contribution is -2.29. The largest absolute Gasteiger partial charge is 0.353 e. The first-order chi connectivity index (χ1) is 16.5. The van der Waals surface area contributed by atoms with Crippen LogP contribution in [0.4, 0.5) is 5.95 Å². The molecule has 0 bridgehead atoms. The molecule has 0 aliphatic carbocycles. The number of carbonyl (C=O) groups is 1. The zero-order chi connectivity index (χ0) is 23.7. The summed E-state index contributed by atoms with van der Waals surface area (Å²) in [6.45, 7) is 0.629. The van der Waals surface area contributed by atoms with Gasteiger partial charge in [0.1, 0.15) is 5.69 Å². The van der Waals surface area contributed by atoms with Crippen molar-refractivity contribution in [3.05, 3.63) is 75.9 Å². The number of hydrogen-bond donors (Lipinski definition) is 3. The zero-order valence-electron chi connectivity index (χ0n) is 17.4. The lowest BCUT2D eigenvalue weighted by molar-refractivity contribution is 0.0950. The topological polar surface area (TPSA) is 108 Å². The summed E-state index contributed by atoms with van der Waals surface area (Å²) in [4.78, 5) is 32.6. The second-order valence-corrected chi connectivity index (χ2v) is 8.39. The number of aromatic amines is 1. The third-order valence-electron chi connectivity index (χ3n) is 5.13. The molecule has 3 N–H and O–H groups in total. The monoisotopic (exact) mass is 511 g/mol. The average Bonchev–Trinajstić information content (AvgIpc) is 3.20. The van der Waals surface area contributed by atoms with Crippen molar-refractivity contribution in [1.29, 1.82) is 0 Å². The molecule has 3 aromatic heterocycles. The van der Waals surface area contributed by atoms with Gasteiger partial charge < -0.3 is 15.6 Å². The van der Waals surface area contributed by atoms with Crippen LogP contribution in [0.25, 0.3) is 33.1 Å². The lowest BCUT2D eigenvalue weighted by Gasteiger charge is -2.10. The number of hydrogen-bond acceptors (Lipinski definition) is 6. The van der Waals surface area contributed by atoms with Crippen molar-refractivity contribution in [2.75, 3.05) is 18.4 Å². The number of amides is 1. The van der Waals surface area contributed by atoms with Gasteiger partial charge in [-0.1, -0.05) is 48.0 Å². The molecular weight excluding hydrogens is 497 g/mol. The molecule has 11 heteroatoms. The smallest absolute Gasteiger partial charge is 0.269 e. The maximum atomic E-state index is 13.0. The number of anilines is 1. The Labute approximate surface area is 208 Å². The van der Waals surface area contributed by atoms with Gasteiger partial charge in [-0.05, 0) is 41.4 Å². The molecular formula is C23H16Cl3N7O. The summed E-state index contributed by atoms with van der Waals surface area (Å²) in [6, 6.07) is 17.1. The second kappa shape index (κ2) is 9.42. The van der Waals surface area contributed by atoms with E-state index in [0.717, 1.165) is 27.4 Å². The molecule has 0 atom stereocenters. The van der Waals surface area contributed by atoms with Gasteiger partial charge in [0.25, 0.3) is 5.91 Å². The highest BCUT2D eigenvalue weighted by atomic mass is 35.5. The fourth-order valence-corrected chi connectivity index (χ4v) is 4.24. The molecule has 8 nitrogen and oxygen atoms in total. The predicted octanol–water partition coefficient (Wildman–Crippen LogP) is 5.37. The molecule has 5 aromatic rings. The van der Waals surface area contributed by atoms with Gasteiger partial charge in [-0.2, -0.15) is 15.0 Å². The van der Waals surface area contributed by atoms with Gasteiger partial charge in [-0.25, -0.2) is 4.98 Å². The number of nitrogens with zero attached hydrogens (tertiary/aromatic N) is 4. The summed E-state index contributed by atoms with van der Waals surface area (Å²) in [7, 11) is 0. The number of rotatable bonds is 6. The molecule has 0 saturated heterocycles. The van der Waals surface area contributed by atoms with Crippen LogP contribution in [0.1, 0.15) is 10.5 Å². The second-order valence-electron chi connectivity index (χ2n) is 7.31. The average molecular weight is 513 g/mol. The summed E-state index contributed by atoms with van der Waals surface area (Å²) in [5.74, 6) is -0.104. The third-order valence-corrected chi connectivity index (χ3v) is 5.80. The minimum atomic E-state index is -0.325. The predicted molar refractivity (Wildman–Crippen MR) is 135 cm³/mol. The summed E-state index contributed by atoms with van der Waals surface area (Å²) in [5, 5.41) is 8.18. The van der Waals surface area contributed by atoms with E-state index in [1.165, 1.54) is 0 Å². The Morgan fingerprint density at radius 2 is 1.59 bits per heavy atom. The van der Waals surface area contributed by atoms with E-state index in [4.69, 9.17) is 34.8 Å². The van der Waals surface area contributed by atoms with Crippen LogP contribution < -0.4 is 10.6 Å². The number of halogens is 3. The van der Waals surface area contributed by atoms with E-state index in [-0.39, 0.29) is 34.7 Å². The number of para-hydroxylation sites is 1. The normalized spacial score (nSPS) is 11.1. The van der Waals surface area contributed by atoms with Crippen LogP contribution in [0.5, 0.6) is 0 Å². The Bertz CT molecular complexity index is 1520. The van der Waals surface area contributed by atoms with Crippen molar-refractivity contribution in [2.45, 2.75) is 0 Å². The van der Waals surface area contributed by atoms with Crippen molar-refractivity contribution in [2.24, 2.45) is 0 Å². The molecule has 3 heterocycles. The van der Waals surface area contributed by atoms with E-state index in [1.807, 2.05) is 42.5 Å². The van der Waals surface area contributed by atoms with Crippen LogP contribution >= 0.6 is 34.8 Å². The van der Waals surface area contributed by atoms with E-state index >= 15 is 0 Å². The Hall–Kier alpha value is -3.46. The minimum absolute atomic E-state index is 0.0186. The van der Waals surface area contributed by atoms with Gasteiger partial charge in [0.15, 0.2) is 0 Å². The fourth-order valence-electron chi connectivity index (χ4n) is 3.66. The molecule has 0 saturated carbocycles. The molecule has 34 heavy (non-hydrogen) atoms. The summed E-state index contributed by atoms with van der Waals surface area (Å²) in [5.41, 5.74) is 3.39. The maximum absolute atomic E-state index is 13.0. The molecule has 1 amide bonds. The van der Waals surface area contributed by atoms with Crippen LogP contribution in [0.3, 0.4) is 0 Å². The van der Waals surface area contributed by atoms with Gasteiger partial charge >= 0.3 is 0 Å². The Morgan fingerprint density at radius 1 is 0.853 bits per heavy atom. The third kappa shape index (κ3) is 4.48. The molecule has 0 aliphatic heterocycles. The first-order valence-electron chi connectivity index (χ1n) is 10.2. The zero-order valence-corrected chi connectivity index (χ0v) is 19.7.